The lowest BCUT2D eigenvalue weighted by atomic mass is 10.3. The number of nitro groups is 1. The molecule has 136 valence electrons. The zero-order chi connectivity index (χ0) is 18.8. The maximum atomic E-state index is 12.2. The van der Waals surface area contributed by atoms with Crippen LogP contribution in [0.2, 0.25) is 0 Å². The lowest BCUT2D eigenvalue weighted by molar-refractivity contribution is -0.385. The van der Waals surface area contributed by atoms with Gasteiger partial charge in [-0.25, -0.2) is 4.68 Å². The van der Waals surface area contributed by atoms with E-state index in [1.54, 1.807) is 0 Å². The number of carbonyl (C=O) groups excluding carboxylic acids is 1. The first kappa shape index (κ1) is 18.4. The third-order valence-electron chi connectivity index (χ3n) is 2.97. The van der Waals surface area contributed by atoms with E-state index in [1.807, 2.05) is 0 Å². The van der Waals surface area contributed by atoms with Crippen molar-refractivity contribution in [2.45, 2.75) is 19.8 Å². The van der Waals surface area contributed by atoms with Crippen LogP contribution in [0, 0.1) is 17.0 Å². The zero-order valence-corrected chi connectivity index (χ0v) is 13.1. The zero-order valence-electron chi connectivity index (χ0n) is 13.1. The summed E-state index contributed by atoms with van der Waals surface area (Å²) >= 11 is 0. The molecule has 0 saturated heterocycles. The fraction of sp³-hybridized carbons (Fsp3) is 0.417. The van der Waals surface area contributed by atoms with Crippen LogP contribution in [0.25, 0.3) is 0 Å². The van der Waals surface area contributed by atoms with Gasteiger partial charge in [0.15, 0.2) is 0 Å². The Morgan fingerprint density at radius 2 is 2.16 bits per heavy atom. The number of amides is 1. The van der Waals surface area contributed by atoms with Crippen LogP contribution in [0.3, 0.4) is 0 Å². The van der Waals surface area contributed by atoms with Gasteiger partial charge in [-0.05, 0) is 6.92 Å². The van der Waals surface area contributed by atoms with Crippen LogP contribution < -0.4 is 5.32 Å². The number of aromatic nitrogens is 4. The van der Waals surface area contributed by atoms with Crippen molar-refractivity contribution in [2.24, 2.45) is 7.05 Å². The van der Waals surface area contributed by atoms with Gasteiger partial charge in [0, 0.05) is 7.05 Å². The molecular weight excluding hydrogens is 349 g/mol. The van der Waals surface area contributed by atoms with Gasteiger partial charge in [0.2, 0.25) is 5.69 Å². The van der Waals surface area contributed by atoms with Gasteiger partial charge < -0.3 is 10.1 Å². The Morgan fingerprint density at radius 3 is 2.76 bits per heavy atom. The summed E-state index contributed by atoms with van der Waals surface area (Å²) in [4.78, 5) is 22.6. The monoisotopic (exact) mass is 362 g/mol. The lowest BCUT2D eigenvalue weighted by Gasteiger charge is -2.07. The summed E-state index contributed by atoms with van der Waals surface area (Å²) in [7, 11) is 1.38. The molecule has 0 radical (unpaired) electrons. The molecule has 2 rings (SSSR count). The molecule has 0 aliphatic rings. The molecule has 0 bridgehead atoms. The van der Waals surface area contributed by atoms with Crippen molar-refractivity contribution >= 4 is 17.3 Å². The number of aryl methyl sites for hydroxylation is 2. The number of rotatable bonds is 6. The molecule has 0 saturated carbocycles. The predicted molar refractivity (Wildman–Crippen MR) is 76.8 cm³/mol. The van der Waals surface area contributed by atoms with Crippen LogP contribution in [-0.4, -0.2) is 43.2 Å². The Balaban J connectivity index is 2.06. The van der Waals surface area contributed by atoms with Crippen molar-refractivity contribution in [2.75, 3.05) is 11.9 Å². The fourth-order valence-electron chi connectivity index (χ4n) is 2.06. The third kappa shape index (κ3) is 4.53. The van der Waals surface area contributed by atoms with E-state index in [1.165, 1.54) is 26.4 Å². The van der Waals surface area contributed by atoms with Gasteiger partial charge in [-0.1, -0.05) is 0 Å². The second-order valence-corrected chi connectivity index (χ2v) is 4.98. The molecule has 0 aliphatic heterocycles. The van der Waals surface area contributed by atoms with Crippen LogP contribution in [0.5, 0.6) is 0 Å². The number of nitrogens with zero attached hydrogens (tertiary/aromatic N) is 5. The number of carbonyl (C=O) groups is 1. The maximum absolute atomic E-state index is 12.2. The second kappa shape index (κ2) is 6.88. The van der Waals surface area contributed by atoms with Crippen molar-refractivity contribution in [3.8, 4) is 0 Å². The lowest BCUT2D eigenvalue weighted by Crippen LogP contribution is -2.18. The highest BCUT2D eigenvalue weighted by Crippen LogP contribution is 2.23. The highest BCUT2D eigenvalue weighted by Gasteiger charge is 2.29. The number of ether oxygens (including phenoxy) is 1. The summed E-state index contributed by atoms with van der Waals surface area (Å²) in [5, 5.41) is 21.0. The smallest absolute Gasteiger partial charge is 0.350 e. The second-order valence-electron chi connectivity index (χ2n) is 4.98. The summed E-state index contributed by atoms with van der Waals surface area (Å²) in [5.74, 6) is -0.800. The molecule has 0 spiro atoms. The van der Waals surface area contributed by atoms with E-state index in [4.69, 9.17) is 0 Å². The number of hydrogen-bond donors (Lipinski definition) is 1. The van der Waals surface area contributed by atoms with Crippen LogP contribution in [0.15, 0.2) is 12.4 Å². The molecule has 0 aliphatic carbocycles. The molecule has 2 aromatic rings. The molecule has 1 N–H and O–H groups in total. The van der Waals surface area contributed by atoms with E-state index < -0.39 is 36.0 Å². The number of nitrogens with one attached hydrogen (secondary N) is 1. The predicted octanol–water partition coefficient (Wildman–Crippen LogP) is 1.62. The molecule has 2 aromatic heterocycles. The highest BCUT2D eigenvalue weighted by atomic mass is 19.4. The first-order chi connectivity index (χ1) is 11.6. The van der Waals surface area contributed by atoms with Gasteiger partial charge >= 0.3 is 11.9 Å². The molecule has 10 nitrogen and oxygen atoms in total. The minimum atomic E-state index is -4.46. The Hall–Kier alpha value is -2.96. The van der Waals surface area contributed by atoms with Crippen LogP contribution in [-0.2, 0) is 18.5 Å². The van der Waals surface area contributed by atoms with E-state index in [2.05, 4.69) is 20.3 Å². The van der Waals surface area contributed by atoms with E-state index in [0.29, 0.717) is 0 Å². The van der Waals surface area contributed by atoms with Gasteiger partial charge in [-0.3, -0.25) is 19.6 Å². The fourth-order valence-corrected chi connectivity index (χ4v) is 2.06. The van der Waals surface area contributed by atoms with E-state index in [0.717, 1.165) is 9.36 Å². The van der Waals surface area contributed by atoms with Gasteiger partial charge in [0.25, 0.3) is 5.91 Å². The number of halogens is 3. The van der Waals surface area contributed by atoms with Crippen molar-refractivity contribution in [3.05, 3.63) is 33.9 Å². The summed E-state index contributed by atoms with van der Waals surface area (Å²) in [6.07, 6.45) is -2.06. The SMILES string of the molecule is Cc1nn(C)c(C(=O)Nc2cnn(COCC(F)(F)F)c2)c1[N+](=O)[O-]. The van der Waals surface area contributed by atoms with Gasteiger partial charge in [0.1, 0.15) is 19.0 Å². The molecule has 25 heavy (non-hydrogen) atoms. The Bertz CT molecular complexity index is 797. The Kier molecular flexibility index (Phi) is 5.06. The molecule has 13 heteroatoms. The number of hydrogen-bond acceptors (Lipinski definition) is 6. The van der Waals surface area contributed by atoms with E-state index >= 15 is 0 Å². The van der Waals surface area contributed by atoms with Gasteiger partial charge in [-0.2, -0.15) is 23.4 Å². The quantitative estimate of drug-likeness (QED) is 0.616. The first-order valence-electron chi connectivity index (χ1n) is 6.75. The van der Waals surface area contributed by atoms with Crippen molar-refractivity contribution in [3.63, 3.8) is 0 Å². The molecule has 1 amide bonds. The first-order valence-corrected chi connectivity index (χ1v) is 6.75. The topological polar surface area (TPSA) is 117 Å². The largest absolute Gasteiger partial charge is 0.411 e. The molecule has 0 atom stereocenters. The Morgan fingerprint density at radius 1 is 1.48 bits per heavy atom. The van der Waals surface area contributed by atoms with Crippen molar-refractivity contribution in [1.82, 2.24) is 19.6 Å². The van der Waals surface area contributed by atoms with Crippen LogP contribution in [0.4, 0.5) is 24.5 Å². The van der Waals surface area contributed by atoms with Crippen LogP contribution >= 0.6 is 0 Å². The van der Waals surface area contributed by atoms with Crippen LogP contribution in [0.1, 0.15) is 16.2 Å². The maximum Gasteiger partial charge on any atom is 0.411 e. The van der Waals surface area contributed by atoms with E-state index in [-0.39, 0.29) is 17.1 Å². The average molecular weight is 362 g/mol. The highest BCUT2D eigenvalue weighted by molar-refractivity contribution is 6.05. The number of anilines is 1. The summed E-state index contributed by atoms with van der Waals surface area (Å²) < 4.78 is 42.5. The number of alkyl halides is 3. The standard InChI is InChI=1S/C12H13F3N6O4/c1-7-9(21(23)24)10(19(2)18-7)11(22)17-8-3-16-20(4-8)6-25-5-12(13,14)15/h3-4H,5-6H2,1-2H3,(H,17,22). The van der Waals surface area contributed by atoms with Crippen molar-refractivity contribution in [1.29, 1.82) is 0 Å². The van der Waals surface area contributed by atoms with Crippen molar-refractivity contribution < 1.29 is 27.6 Å². The molecule has 2 heterocycles. The Labute approximate surface area is 138 Å². The molecule has 0 unspecified atom stereocenters. The van der Waals surface area contributed by atoms with Gasteiger partial charge in [0.05, 0.1) is 23.0 Å². The van der Waals surface area contributed by atoms with E-state index in [9.17, 15) is 28.1 Å². The summed E-state index contributed by atoms with van der Waals surface area (Å²) in [5.41, 5.74) is -0.480. The molecular formula is C12H13F3N6O4. The third-order valence-corrected chi connectivity index (χ3v) is 2.97. The normalized spacial score (nSPS) is 11.6. The minimum Gasteiger partial charge on any atom is -0.350 e. The average Bonchev–Trinajstić information content (AvgIpc) is 3.01. The summed E-state index contributed by atoms with van der Waals surface area (Å²) in [6, 6.07) is 0. The molecule has 0 fully saturated rings. The summed E-state index contributed by atoms with van der Waals surface area (Å²) in [6.45, 7) is -0.514. The van der Waals surface area contributed by atoms with Gasteiger partial charge in [-0.15, -0.1) is 0 Å². The minimum absolute atomic E-state index is 0.0777. The molecule has 0 aromatic carbocycles.